The van der Waals surface area contributed by atoms with Crippen LogP contribution in [0.4, 0.5) is 0 Å². The molecule has 12 nitrogen and oxygen atoms in total. The molecule has 0 fully saturated rings. The van der Waals surface area contributed by atoms with E-state index in [4.69, 9.17) is 16.7 Å². The highest BCUT2D eigenvalue weighted by molar-refractivity contribution is 7.86. The van der Waals surface area contributed by atoms with Crippen molar-refractivity contribution < 1.29 is 50.4 Å². The largest absolute Gasteiger partial charge is 0.270 e. The summed E-state index contributed by atoms with van der Waals surface area (Å²) in [5, 5.41) is 0. The Hall–Kier alpha value is -0.620. The van der Waals surface area contributed by atoms with E-state index in [2.05, 4.69) is 0 Å². The summed E-state index contributed by atoms with van der Waals surface area (Å²) in [4.78, 5) is 0. The van der Waals surface area contributed by atoms with Crippen LogP contribution in [0.1, 0.15) is 12.8 Å². The van der Waals surface area contributed by atoms with Crippen LogP contribution in [-0.2, 0) is 57.2 Å². The summed E-state index contributed by atoms with van der Waals surface area (Å²) >= 11 is 0. The molecule has 0 spiro atoms. The minimum Gasteiger partial charge on any atom is -0.270 e. The molecule has 30 heavy (non-hydrogen) atoms. The predicted molar refractivity (Wildman–Crippen MR) is 106 cm³/mol. The zero-order valence-corrected chi connectivity index (χ0v) is 20.2. The molecule has 16 heteroatoms. The summed E-state index contributed by atoms with van der Waals surface area (Å²) in [6, 6.07) is 0. The Morgan fingerprint density at radius 1 is 0.533 bits per heavy atom. The predicted octanol–water partition coefficient (Wildman–Crippen LogP) is -0.786. The van der Waals surface area contributed by atoms with Crippen molar-refractivity contribution in [2.24, 2.45) is 10.8 Å². The lowest BCUT2D eigenvalue weighted by Crippen LogP contribution is -2.55. The molecule has 1 aliphatic rings. The smallest absolute Gasteiger partial charge is 0.264 e. The van der Waals surface area contributed by atoms with E-state index in [0.29, 0.717) is 0 Å². The van der Waals surface area contributed by atoms with Crippen molar-refractivity contribution in [3.8, 4) is 0 Å². The fourth-order valence-corrected chi connectivity index (χ4v) is 4.62. The van der Waals surface area contributed by atoms with E-state index >= 15 is 0 Å². The summed E-state index contributed by atoms with van der Waals surface area (Å²) in [5.74, 6) is 0. The van der Waals surface area contributed by atoms with Gasteiger partial charge in [-0.05, 0) is 12.8 Å². The van der Waals surface area contributed by atoms with Crippen LogP contribution in [0.25, 0.3) is 0 Å². The first-order valence-corrected chi connectivity index (χ1v) is 15.6. The van der Waals surface area contributed by atoms with Crippen molar-refractivity contribution >= 4 is 40.5 Å². The highest BCUT2D eigenvalue weighted by Gasteiger charge is 2.54. The molecule has 1 aliphatic carbocycles. The molecule has 0 saturated heterocycles. The van der Waals surface area contributed by atoms with Crippen molar-refractivity contribution in [1.29, 1.82) is 0 Å². The first kappa shape index (κ1) is 27.4. The van der Waals surface area contributed by atoms with Gasteiger partial charge in [0.25, 0.3) is 40.5 Å². The number of allylic oxidation sites excluding steroid dienone is 2. The van der Waals surface area contributed by atoms with Crippen LogP contribution in [0.15, 0.2) is 12.2 Å². The second kappa shape index (κ2) is 9.48. The van der Waals surface area contributed by atoms with Gasteiger partial charge < -0.3 is 0 Å². The topological polar surface area (TPSA) is 173 Å². The van der Waals surface area contributed by atoms with E-state index in [-0.39, 0.29) is 12.8 Å². The summed E-state index contributed by atoms with van der Waals surface area (Å²) in [6.07, 6.45) is 6.23. The lowest BCUT2D eigenvalue weighted by molar-refractivity contribution is -0.0899. The third-order valence-corrected chi connectivity index (χ3v) is 6.69. The Morgan fingerprint density at radius 3 is 0.900 bits per heavy atom. The highest BCUT2D eigenvalue weighted by Crippen LogP contribution is 2.50. The van der Waals surface area contributed by atoms with Gasteiger partial charge in [0.1, 0.15) is 0 Å². The van der Waals surface area contributed by atoms with Gasteiger partial charge in [-0.2, -0.15) is 33.7 Å². The minimum absolute atomic E-state index is 0.0295. The Labute approximate surface area is 178 Å². The van der Waals surface area contributed by atoms with Crippen molar-refractivity contribution in [3.63, 3.8) is 0 Å². The summed E-state index contributed by atoms with van der Waals surface area (Å²) in [6.45, 7) is -2.53. The zero-order valence-electron chi connectivity index (χ0n) is 16.9. The monoisotopic (exact) mass is 514 g/mol. The van der Waals surface area contributed by atoms with Crippen molar-refractivity contribution in [2.75, 3.05) is 51.5 Å². The summed E-state index contributed by atoms with van der Waals surface area (Å²) in [5.41, 5.74) is -3.05. The number of hydrogen-bond acceptors (Lipinski definition) is 12. The Bertz CT molecular complexity index is 894. The molecule has 0 aromatic rings. The van der Waals surface area contributed by atoms with Crippen LogP contribution in [0.5, 0.6) is 0 Å². The third-order valence-electron chi connectivity index (χ3n) is 4.51. The molecular weight excluding hydrogens is 488 g/mol. The molecule has 1 rings (SSSR count). The van der Waals surface area contributed by atoms with E-state index in [1.165, 1.54) is 0 Å². The summed E-state index contributed by atoms with van der Waals surface area (Å²) in [7, 11) is -16.0. The van der Waals surface area contributed by atoms with Gasteiger partial charge in [0, 0.05) is 10.8 Å². The van der Waals surface area contributed by atoms with Crippen molar-refractivity contribution in [2.45, 2.75) is 12.8 Å². The molecular formula is C14H26O12S4. The van der Waals surface area contributed by atoms with Crippen LogP contribution in [0, 0.1) is 10.8 Å². The van der Waals surface area contributed by atoms with E-state index in [1.807, 2.05) is 0 Å². The summed E-state index contributed by atoms with van der Waals surface area (Å²) < 4.78 is 113. The maximum Gasteiger partial charge on any atom is 0.264 e. The van der Waals surface area contributed by atoms with Gasteiger partial charge in [-0.25, -0.2) is 0 Å². The number of rotatable bonds is 12. The lowest BCUT2D eigenvalue weighted by Gasteiger charge is -2.50. The highest BCUT2D eigenvalue weighted by atomic mass is 32.2. The Kier molecular flexibility index (Phi) is 8.66. The van der Waals surface area contributed by atoms with Crippen LogP contribution in [0.2, 0.25) is 0 Å². The van der Waals surface area contributed by atoms with Crippen molar-refractivity contribution in [1.82, 2.24) is 0 Å². The fraction of sp³-hybridized carbons (Fsp3) is 0.857. The molecule has 0 bridgehead atoms. The van der Waals surface area contributed by atoms with Gasteiger partial charge in [-0.3, -0.25) is 16.7 Å². The Balaban J connectivity index is 3.55. The van der Waals surface area contributed by atoms with E-state index in [9.17, 15) is 33.7 Å². The average Bonchev–Trinajstić information content (AvgIpc) is 2.53. The molecule has 0 aliphatic heterocycles. The maximum absolute atomic E-state index is 11.6. The molecule has 0 unspecified atom stereocenters. The quantitative estimate of drug-likeness (QED) is 0.235. The SMILES string of the molecule is CS(=O)(=O)OCC1(COS(C)(=O)=O)CC=CCC1(COS(C)(=O)=O)COS(C)(=O)=O. The van der Waals surface area contributed by atoms with E-state index in [1.54, 1.807) is 12.2 Å². The van der Waals surface area contributed by atoms with Crippen LogP contribution < -0.4 is 0 Å². The normalized spacial score (nSPS) is 19.6. The molecule has 178 valence electrons. The molecule has 0 amide bonds. The van der Waals surface area contributed by atoms with Gasteiger partial charge in [-0.15, -0.1) is 0 Å². The molecule has 0 heterocycles. The van der Waals surface area contributed by atoms with Gasteiger partial charge in [0.05, 0.1) is 51.5 Å². The minimum atomic E-state index is -4.00. The van der Waals surface area contributed by atoms with Gasteiger partial charge >= 0.3 is 0 Å². The van der Waals surface area contributed by atoms with E-state index < -0.39 is 77.7 Å². The molecule has 0 atom stereocenters. The Morgan fingerprint density at radius 2 is 0.733 bits per heavy atom. The first-order chi connectivity index (χ1) is 13.3. The number of hydrogen-bond donors (Lipinski definition) is 0. The van der Waals surface area contributed by atoms with Crippen molar-refractivity contribution in [3.05, 3.63) is 12.2 Å². The molecule has 0 radical (unpaired) electrons. The molecule has 0 aromatic heterocycles. The second-order valence-corrected chi connectivity index (χ2v) is 13.9. The van der Waals surface area contributed by atoms with Gasteiger partial charge in [0.15, 0.2) is 0 Å². The third kappa shape index (κ3) is 9.25. The van der Waals surface area contributed by atoms with Gasteiger partial charge in [0.2, 0.25) is 0 Å². The second-order valence-electron chi connectivity index (χ2n) is 7.31. The van der Waals surface area contributed by atoms with Crippen LogP contribution in [-0.4, -0.2) is 85.1 Å². The van der Waals surface area contributed by atoms with Crippen LogP contribution >= 0.6 is 0 Å². The maximum atomic E-state index is 11.6. The van der Waals surface area contributed by atoms with Gasteiger partial charge in [-0.1, -0.05) is 12.2 Å². The lowest BCUT2D eigenvalue weighted by atomic mass is 9.59. The molecule has 0 saturated carbocycles. The van der Waals surface area contributed by atoms with E-state index in [0.717, 1.165) is 25.0 Å². The molecule has 0 N–H and O–H groups in total. The molecule has 0 aromatic carbocycles. The van der Waals surface area contributed by atoms with Crippen LogP contribution in [0.3, 0.4) is 0 Å². The standard InChI is InChI=1S/C14H26O12S4/c1-27(15,16)23-9-13(10-24-28(2,17)18)7-5-6-8-14(13,11-25-29(3,19)20)12-26-30(4,21)22/h5-6H,7-12H2,1-4H3. The zero-order chi connectivity index (χ0) is 23.5. The average molecular weight is 515 g/mol. The fourth-order valence-electron chi connectivity index (χ4n) is 2.86. The first-order valence-electron chi connectivity index (χ1n) is 8.31.